The van der Waals surface area contributed by atoms with E-state index in [1.54, 1.807) is 16.2 Å². The highest BCUT2D eigenvalue weighted by molar-refractivity contribution is 7.73. The number of nitrogens with one attached hydrogen (secondary N) is 2. The average molecular weight is 390 g/mol. The van der Waals surface area contributed by atoms with Crippen LogP contribution in [0, 0.1) is 10.9 Å². The number of rotatable bonds is 5. The van der Waals surface area contributed by atoms with Crippen LogP contribution in [0.15, 0.2) is 41.8 Å². The summed E-state index contributed by atoms with van der Waals surface area (Å²) in [4.78, 5) is 3.04. The highest BCUT2D eigenvalue weighted by atomic mass is 32.1. The maximum Gasteiger partial charge on any atom is 0.209 e. The normalized spacial score (nSPS) is 20.0. The molecule has 1 aliphatic heterocycles. The van der Waals surface area contributed by atoms with Gasteiger partial charge in [0.25, 0.3) is 0 Å². The summed E-state index contributed by atoms with van der Waals surface area (Å²) in [5.41, 5.74) is 2.29. The molecule has 130 valence electrons. The Morgan fingerprint density at radius 2 is 2.28 bits per heavy atom. The van der Waals surface area contributed by atoms with E-state index in [1.165, 1.54) is 29.8 Å². The lowest BCUT2D eigenvalue weighted by Crippen LogP contribution is -3.09. The minimum absolute atomic E-state index is 0.580. The molecule has 0 spiro atoms. The van der Waals surface area contributed by atoms with Crippen LogP contribution in [0.1, 0.15) is 29.3 Å². The van der Waals surface area contributed by atoms with Crippen molar-refractivity contribution in [3.63, 3.8) is 0 Å². The van der Waals surface area contributed by atoms with Gasteiger partial charge in [-0.2, -0.15) is 4.68 Å². The van der Waals surface area contributed by atoms with E-state index in [0.29, 0.717) is 6.04 Å². The number of likely N-dealkylation sites (tertiary alicyclic amines) is 1. The summed E-state index contributed by atoms with van der Waals surface area (Å²) >= 11 is 8.96. The fourth-order valence-electron chi connectivity index (χ4n) is 3.43. The molecule has 0 saturated carbocycles. The first kappa shape index (κ1) is 16.9. The number of hydrogen-bond acceptors (Lipinski definition) is 5. The predicted octanol–water partition coefficient (Wildman–Crippen LogP) is 4.17. The van der Waals surface area contributed by atoms with Crippen molar-refractivity contribution >= 4 is 45.7 Å². The fourth-order valence-corrected chi connectivity index (χ4v) is 5.38. The quantitative estimate of drug-likeness (QED) is 0.643. The van der Waals surface area contributed by atoms with Crippen molar-refractivity contribution in [3.8, 4) is 0 Å². The lowest BCUT2D eigenvalue weighted by atomic mass is 10.2. The fraction of sp³-hybridized carbons (Fsp3) is 0.333. The number of hydrogen-bond donors (Lipinski definition) is 2. The van der Waals surface area contributed by atoms with Gasteiger partial charge >= 0.3 is 0 Å². The van der Waals surface area contributed by atoms with E-state index in [2.05, 4.69) is 48.0 Å². The van der Waals surface area contributed by atoms with Gasteiger partial charge in [0.1, 0.15) is 6.04 Å². The maximum absolute atomic E-state index is 5.56. The second kappa shape index (κ2) is 7.37. The zero-order valence-electron chi connectivity index (χ0n) is 14.1. The molecule has 1 fully saturated rings. The zero-order valence-corrected chi connectivity index (χ0v) is 16.5. The number of aryl methyl sites for hydroxylation is 1. The Morgan fingerprint density at radius 1 is 1.36 bits per heavy atom. The molecule has 1 saturated heterocycles. The van der Waals surface area contributed by atoms with Gasteiger partial charge in [-0.1, -0.05) is 29.5 Å². The topological polar surface area (TPSA) is 34.3 Å². The van der Waals surface area contributed by atoms with Gasteiger partial charge in [-0.05, 0) is 48.3 Å². The van der Waals surface area contributed by atoms with Gasteiger partial charge in [0.15, 0.2) is 10.6 Å². The molecular formula is C18H21N4S3+. The number of anilines is 2. The molecule has 25 heavy (non-hydrogen) atoms. The van der Waals surface area contributed by atoms with Crippen LogP contribution in [0.25, 0.3) is 0 Å². The van der Waals surface area contributed by atoms with Crippen LogP contribution in [0.2, 0.25) is 0 Å². The lowest BCUT2D eigenvalue weighted by molar-refractivity contribution is -0.941. The summed E-state index contributed by atoms with van der Waals surface area (Å²) in [6.45, 7) is 4.11. The van der Waals surface area contributed by atoms with Crippen molar-refractivity contribution in [2.24, 2.45) is 0 Å². The molecule has 2 atom stereocenters. The van der Waals surface area contributed by atoms with Crippen molar-refractivity contribution in [3.05, 3.63) is 56.2 Å². The van der Waals surface area contributed by atoms with E-state index in [-0.39, 0.29) is 0 Å². The first-order chi connectivity index (χ1) is 12.2. The molecule has 1 unspecified atom stereocenters. The lowest BCUT2D eigenvalue weighted by Gasteiger charge is -2.20. The van der Waals surface area contributed by atoms with E-state index in [0.717, 1.165) is 21.4 Å². The van der Waals surface area contributed by atoms with Crippen LogP contribution in [0.3, 0.4) is 0 Å². The molecule has 4 nitrogen and oxygen atoms in total. The monoisotopic (exact) mass is 389 g/mol. The van der Waals surface area contributed by atoms with E-state index < -0.39 is 0 Å². The summed E-state index contributed by atoms with van der Waals surface area (Å²) in [5.74, 6) is 0. The zero-order chi connectivity index (χ0) is 17.2. The van der Waals surface area contributed by atoms with Gasteiger partial charge in [-0.3, -0.25) is 0 Å². The minimum atomic E-state index is 0.580. The highest BCUT2D eigenvalue weighted by Crippen LogP contribution is 2.24. The molecule has 2 aromatic heterocycles. The Balaban J connectivity index is 1.50. The van der Waals surface area contributed by atoms with E-state index in [1.807, 2.05) is 22.1 Å². The minimum Gasteiger partial charge on any atom is -0.330 e. The third-order valence-corrected chi connectivity index (χ3v) is 6.81. The summed E-state index contributed by atoms with van der Waals surface area (Å²) in [5, 5.41) is 11.1. The third-order valence-electron chi connectivity index (χ3n) is 4.60. The Labute approximate surface area is 160 Å². The molecule has 1 aliphatic rings. The molecule has 0 aliphatic carbocycles. The van der Waals surface area contributed by atoms with Crippen molar-refractivity contribution in [1.29, 1.82) is 0 Å². The Kier molecular flexibility index (Phi) is 4.98. The molecule has 7 heteroatoms. The van der Waals surface area contributed by atoms with Crippen LogP contribution in [-0.4, -0.2) is 16.3 Å². The van der Waals surface area contributed by atoms with Gasteiger partial charge in [0.2, 0.25) is 5.13 Å². The van der Waals surface area contributed by atoms with Gasteiger partial charge in [-0.15, -0.1) is 16.4 Å². The Bertz CT molecular complexity index is 897. The summed E-state index contributed by atoms with van der Waals surface area (Å²) in [6.07, 6.45) is 2.52. The molecule has 4 rings (SSSR count). The Hall–Kier alpha value is -1.54. The van der Waals surface area contributed by atoms with Gasteiger partial charge in [0.05, 0.1) is 11.4 Å². The molecular weight excluding hydrogens is 368 g/mol. The molecule has 0 radical (unpaired) electrons. The number of nitrogens with zero attached hydrogens (tertiary/aromatic N) is 2. The largest absolute Gasteiger partial charge is 0.330 e. The van der Waals surface area contributed by atoms with Crippen LogP contribution in [-0.2, 0) is 6.67 Å². The van der Waals surface area contributed by atoms with Gasteiger partial charge in [-0.25, -0.2) is 0 Å². The van der Waals surface area contributed by atoms with E-state index in [4.69, 9.17) is 17.3 Å². The SMILES string of the molecule is Cc1cccc(Nc2nn(C[NH+]3CCC[C@@H]3c3cccs3)c(=S)s2)c1. The van der Waals surface area contributed by atoms with Crippen molar-refractivity contribution < 1.29 is 4.90 Å². The van der Waals surface area contributed by atoms with Crippen molar-refractivity contribution in [2.75, 3.05) is 11.9 Å². The first-order valence-electron chi connectivity index (χ1n) is 8.49. The van der Waals surface area contributed by atoms with Crippen molar-refractivity contribution in [1.82, 2.24) is 9.78 Å². The maximum atomic E-state index is 5.56. The van der Waals surface area contributed by atoms with E-state index >= 15 is 0 Å². The smallest absolute Gasteiger partial charge is 0.209 e. The predicted molar refractivity (Wildman–Crippen MR) is 108 cm³/mol. The third kappa shape index (κ3) is 3.84. The van der Waals surface area contributed by atoms with Crippen LogP contribution in [0.4, 0.5) is 10.8 Å². The molecule has 3 heterocycles. The molecule has 1 aromatic carbocycles. The summed E-state index contributed by atoms with van der Waals surface area (Å²) in [6, 6.07) is 13.3. The standard InChI is InChI=1S/C18H20N4S3/c1-13-5-2-6-14(11-13)19-17-20-22(18(23)25-17)12-21-9-3-7-15(21)16-8-4-10-24-16/h2,4-6,8,10-11,15H,3,7,9,12H2,1H3,(H,19,20)/p+1/t15-/m1/s1. The average Bonchev–Trinajstić information content (AvgIpc) is 3.30. The van der Waals surface area contributed by atoms with Crippen LogP contribution >= 0.6 is 34.9 Å². The van der Waals surface area contributed by atoms with Gasteiger partial charge in [0, 0.05) is 18.5 Å². The molecule has 0 amide bonds. The van der Waals surface area contributed by atoms with E-state index in [9.17, 15) is 0 Å². The van der Waals surface area contributed by atoms with Gasteiger partial charge < -0.3 is 10.2 Å². The first-order valence-corrected chi connectivity index (χ1v) is 10.6. The van der Waals surface area contributed by atoms with Crippen LogP contribution < -0.4 is 10.2 Å². The van der Waals surface area contributed by atoms with Crippen LogP contribution in [0.5, 0.6) is 0 Å². The number of thiophene rings is 1. The Morgan fingerprint density at radius 3 is 3.08 bits per heavy atom. The molecule has 2 N–H and O–H groups in total. The summed E-state index contributed by atoms with van der Waals surface area (Å²) < 4.78 is 2.82. The second-order valence-electron chi connectivity index (χ2n) is 6.44. The van der Waals surface area contributed by atoms with Crippen molar-refractivity contribution in [2.45, 2.75) is 32.5 Å². The highest BCUT2D eigenvalue weighted by Gasteiger charge is 2.31. The number of aromatic nitrogens is 2. The molecule has 3 aromatic rings. The number of quaternary nitrogens is 1. The second-order valence-corrected chi connectivity index (χ2v) is 9.05. The molecule has 0 bridgehead atoms. The summed E-state index contributed by atoms with van der Waals surface area (Å²) in [7, 11) is 0. The number of benzene rings is 1.